The van der Waals surface area contributed by atoms with Crippen LogP contribution in [-0.4, -0.2) is 0 Å². The number of furan rings is 1. The van der Waals surface area contributed by atoms with Crippen molar-refractivity contribution < 1.29 is 12.6 Å². The smallest absolute Gasteiger partial charge is 0.143 e. The van der Waals surface area contributed by atoms with Crippen molar-refractivity contribution in [1.82, 2.24) is 0 Å². The minimum Gasteiger partial charge on any atom is -0.455 e. The molecule has 0 amide bonds. The van der Waals surface area contributed by atoms with E-state index in [0.717, 1.165) is 54.9 Å². The normalized spacial score (nSPS) is 13.7. The van der Waals surface area contributed by atoms with Crippen LogP contribution in [0.3, 0.4) is 0 Å². The maximum absolute atomic E-state index is 9.01. The second-order valence-corrected chi connectivity index (χ2v) is 10.8. The molecule has 0 N–H and O–H groups in total. The molecular formula is C42H26O. The fourth-order valence-electron chi connectivity index (χ4n) is 6.55. The van der Waals surface area contributed by atoms with Crippen molar-refractivity contribution in [3.63, 3.8) is 0 Å². The van der Waals surface area contributed by atoms with E-state index in [1.165, 1.54) is 0 Å². The molecule has 0 aliphatic carbocycles. The van der Waals surface area contributed by atoms with Crippen molar-refractivity contribution in [2.45, 2.75) is 0 Å². The minimum absolute atomic E-state index is 0.00820. The van der Waals surface area contributed by atoms with Crippen LogP contribution in [0.25, 0.3) is 87.6 Å². The Kier molecular flexibility index (Phi) is 4.11. The molecule has 200 valence electrons. The average molecular weight is 553 g/mol. The van der Waals surface area contributed by atoms with E-state index in [0.29, 0.717) is 16.4 Å². The van der Waals surface area contributed by atoms with Crippen LogP contribution in [0.1, 0.15) is 8.22 Å². The van der Waals surface area contributed by atoms with Crippen molar-refractivity contribution in [2.75, 3.05) is 0 Å². The highest BCUT2D eigenvalue weighted by Gasteiger charge is 2.19. The van der Waals surface area contributed by atoms with Gasteiger partial charge in [0.15, 0.2) is 0 Å². The van der Waals surface area contributed by atoms with Crippen LogP contribution < -0.4 is 0 Å². The Balaban J connectivity index is 1.38. The molecular weight excluding hydrogens is 520 g/mol. The topological polar surface area (TPSA) is 13.1 Å². The molecule has 0 bridgehead atoms. The van der Waals surface area contributed by atoms with Gasteiger partial charge in [-0.2, -0.15) is 0 Å². The average Bonchev–Trinajstić information content (AvgIpc) is 3.52. The minimum atomic E-state index is -0.434. The third kappa shape index (κ3) is 3.65. The molecule has 1 aromatic heterocycles. The summed E-state index contributed by atoms with van der Waals surface area (Å²) in [5.74, 6) is 0. The summed E-state index contributed by atoms with van der Waals surface area (Å²) in [5.41, 5.74) is 7.20. The van der Waals surface area contributed by atoms with Gasteiger partial charge in [-0.15, -0.1) is 0 Å². The Bertz CT molecular complexity index is 2780. The van der Waals surface area contributed by atoms with Crippen molar-refractivity contribution >= 4 is 54.3 Å². The fraction of sp³-hybridized carbons (Fsp3) is 0. The van der Waals surface area contributed by atoms with Gasteiger partial charge < -0.3 is 4.42 Å². The van der Waals surface area contributed by atoms with Gasteiger partial charge in [-0.05, 0) is 78.5 Å². The molecule has 0 aliphatic heterocycles. The molecule has 0 saturated carbocycles. The SMILES string of the molecule is [2H]c1c([2H])c([2H])c2c(c1[2H])c([2H])c([2H])c1c3cc(-c4c5ccccc5c(-c5ccccc5-c5ccccc5)c5ccccc45)ccc3oc21. The lowest BCUT2D eigenvalue weighted by Crippen LogP contribution is -1.92. The molecule has 43 heavy (non-hydrogen) atoms. The van der Waals surface area contributed by atoms with Crippen LogP contribution in [0.5, 0.6) is 0 Å². The molecule has 1 heteroatoms. The summed E-state index contributed by atoms with van der Waals surface area (Å²) >= 11 is 0. The van der Waals surface area contributed by atoms with Crippen molar-refractivity contribution in [1.29, 1.82) is 0 Å². The first-order valence-electron chi connectivity index (χ1n) is 17.3. The van der Waals surface area contributed by atoms with E-state index < -0.39 is 12.1 Å². The summed E-state index contributed by atoms with van der Waals surface area (Å²) in [6, 6.07) is 39.8. The summed E-state index contributed by atoms with van der Waals surface area (Å²) in [5, 5.41) is 5.44. The number of fused-ring (bicyclic) bond motifs is 7. The molecule has 0 radical (unpaired) electrons. The van der Waals surface area contributed by atoms with Gasteiger partial charge in [0.25, 0.3) is 0 Å². The predicted molar refractivity (Wildman–Crippen MR) is 183 cm³/mol. The molecule has 8 aromatic carbocycles. The van der Waals surface area contributed by atoms with Crippen molar-refractivity contribution in [3.05, 3.63) is 158 Å². The zero-order chi connectivity index (χ0) is 33.6. The van der Waals surface area contributed by atoms with E-state index in [2.05, 4.69) is 84.9 Å². The van der Waals surface area contributed by atoms with E-state index in [-0.39, 0.29) is 40.5 Å². The van der Waals surface area contributed by atoms with E-state index in [9.17, 15) is 0 Å². The van der Waals surface area contributed by atoms with Gasteiger partial charge in [0.2, 0.25) is 0 Å². The lowest BCUT2D eigenvalue weighted by molar-refractivity contribution is 0.672. The highest BCUT2D eigenvalue weighted by molar-refractivity contribution is 6.23. The van der Waals surface area contributed by atoms with Gasteiger partial charge in [0.05, 0.1) is 8.22 Å². The zero-order valence-corrected chi connectivity index (χ0v) is 23.0. The number of rotatable bonds is 3. The lowest BCUT2D eigenvalue weighted by atomic mass is 9.83. The van der Waals surface area contributed by atoms with Crippen molar-refractivity contribution in [2.24, 2.45) is 0 Å². The summed E-state index contributed by atoms with van der Waals surface area (Å²) in [7, 11) is 0. The highest BCUT2D eigenvalue weighted by atomic mass is 16.3. The Morgan fingerprint density at radius 1 is 0.419 bits per heavy atom. The zero-order valence-electron chi connectivity index (χ0n) is 29.0. The third-order valence-electron chi connectivity index (χ3n) is 8.42. The second-order valence-electron chi connectivity index (χ2n) is 10.8. The molecule has 1 heterocycles. The van der Waals surface area contributed by atoms with E-state index in [1.54, 1.807) is 0 Å². The Labute approximate surface area is 257 Å². The van der Waals surface area contributed by atoms with Gasteiger partial charge in [-0.1, -0.05) is 139 Å². The van der Waals surface area contributed by atoms with Gasteiger partial charge in [0.1, 0.15) is 11.2 Å². The van der Waals surface area contributed by atoms with Crippen LogP contribution in [0, 0.1) is 0 Å². The summed E-state index contributed by atoms with van der Waals surface area (Å²) in [6.45, 7) is 0. The maximum Gasteiger partial charge on any atom is 0.143 e. The van der Waals surface area contributed by atoms with Crippen LogP contribution in [-0.2, 0) is 0 Å². The first-order valence-corrected chi connectivity index (χ1v) is 14.3. The third-order valence-corrected chi connectivity index (χ3v) is 8.42. The van der Waals surface area contributed by atoms with Crippen LogP contribution in [0.2, 0.25) is 0 Å². The lowest BCUT2D eigenvalue weighted by Gasteiger charge is -2.19. The Morgan fingerprint density at radius 2 is 1.05 bits per heavy atom. The highest BCUT2D eigenvalue weighted by Crippen LogP contribution is 2.47. The first kappa shape index (κ1) is 18.7. The molecule has 9 rings (SSSR count). The maximum atomic E-state index is 9.01. The van der Waals surface area contributed by atoms with E-state index in [4.69, 9.17) is 12.6 Å². The monoisotopic (exact) mass is 552 g/mol. The molecule has 0 aliphatic rings. The van der Waals surface area contributed by atoms with Crippen LogP contribution >= 0.6 is 0 Å². The van der Waals surface area contributed by atoms with Crippen molar-refractivity contribution in [3.8, 4) is 33.4 Å². The summed E-state index contributed by atoms with van der Waals surface area (Å²) in [4.78, 5) is 0. The quantitative estimate of drug-likeness (QED) is 0.199. The summed E-state index contributed by atoms with van der Waals surface area (Å²) in [6.07, 6.45) is 0. The van der Waals surface area contributed by atoms with Crippen LogP contribution in [0.15, 0.2) is 162 Å². The number of hydrogen-bond acceptors (Lipinski definition) is 1. The number of hydrogen-bond donors (Lipinski definition) is 0. The van der Waals surface area contributed by atoms with Crippen LogP contribution in [0.4, 0.5) is 0 Å². The molecule has 0 spiro atoms. The second kappa shape index (κ2) is 9.44. The Morgan fingerprint density at radius 3 is 1.79 bits per heavy atom. The number of benzene rings is 8. The van der Waals surface area contributed by atoms with Gasteiger partial charge in [-0.25, -0.2) is 0 Å². The summed E-state index contributed by atoms with van der Waals surface area (Å²) < 4.78 is 57.7. The molecule has 1 nitrogen and oxygen atoms in total. The standard InChI is InChI=1S/C42H26O/c1-2-12-27(13-3-1)30-15-6-7-17-32(30)41-35-20-10-8-18-33(35)40(34-19-9-11-21-36(34)41)29-23-25-39-38(26-29)37-24-22-28-14-4-5-16-31(28)42(37)43-39/h1-26H/i4D,5D,14D,16D,22D,24D. The largest absolute Gasteiger partial charge is 0.455 e. The molecule has 0 atom stereocenters. The van der Waals surface area contributed by atoms with E-state index >= 15 is 0 Å². The van der Waals surface area contributed by atoms with E-state index in [1.807, 2.05) is 36.4 Å². The van der Waals surface area contributed by atoms with Gasteiger partial charge in [-0.3, -0.25) is 0 Å². The fourth-order valence-corrected chi connectivity index (χ4v) is 6.55. The first-order chi connectivity index (χ1) is 23.8. The molecule has 0 fully saturated rings. The van der Waals surface area contributed by atoms with Gasteiger partial charge >= 0.3 is 0 Å². The molecule has 0 saturated heterocycles. The molecule has 9 aromatic rings. The molecule has 0 unspecified atom stereocenters. The Hall–Kier alpha value is -5.66. The predicted octanol–water partition coefficient (Wildman–Crippen LogP) is 12.0. The van der Waals surface area contributed by atoms with Gasteiger partial charge in [0, 0.05) is 16.2 Å².